The third-order valence-electron chi connectivity index (χ3n) is 6.14. The normalized spacial score (nSPS) is 19.9. The summed E-state index contributed by atoms with van der Waals surface area (Å²) in [5, 5.41) is 5.05. The molecule has 0 amide bonds. The van der Waals surface area contributed by atoms with Gasteiger partial charge in [0.05, 0.1) is 18.3 Å². The van der Waals surface area contributed by atoms with E-state index in [9.17, 15) is 0 Å². The molecule has 5 rings (SSSR count). The molecule has 1 aliphatic carbocycles. The van der Waals surface area contributed by atoms with Crippen molar-refractivity contribution in [2.45, 2.75) is 57.2 Å². The van der Waals surface area contributed by atoms with Crippen molar-refractivity contribution in [1.82, 2.24) is 14.6 Å². The van der Waals surface area contributed by atoms with Crippen LogP contribution in [0, 0.1) is 0 Å². The Morgan fingerprint density at radius 1 is 1.04 bits per heavy atom. The van der Waals surface area contributed by atoms with Crippen LogP contribution in [0.15, 0.2) is 47.2 Å². The Morgan fingerprint density at radius 3 is 2.67 bits per heavy atom. The molecule has 1 saturated heterocycles. The number of nitrogens with zero attached hydrogens (tertiary/aromatic N) is 3. The van der Waals surface area contributed by atoms with E-state index in [2.05, 4.69) is 45.1 Å². The quantitative estimate of drug-likeness (QED) is 0.652. The summed E-state index contributed by atoms with van der Waals surface area (Å²) in [6.45, 7) is 2.90. The minimum atomic E-state index is 0.288. The molecular weight excluding hydrogens is 338 g/mol. The van der Waals surface area contributed by atoms with Gasteiger partial charge in [-0.1, -0.05) is 24.1 Å². The number of benzene rings is 1. The first kappa shape index (κ1) is 16.9. The van der Waals surface area contributed by atoms with E-state index in [4.69, 9.17) is 9.26 Å². The van der Waals surface area contributed by atoms with Gasteiger partial charge in [-0.15, -0.1) is 0 Å². The number of aromatic nitrogens is 2. The van der Waals surface area contributed by atoms with Crippen LogP contribution in [0.25, 0.3) is 10.9 Å². The average molecular weight is 365 g/mol. The van der Waals surface area contributed by atoms with Crippen molar-refractivity contribution in [3.63, 3.8) is 0 Å². The minimum absolute atomic E-state index is 0.288. The van der Waals surface area contributed by atoms with Crippen molar-refractivity contribution in [2.24, 2.45) is 0 Å². The Kier molecular flexibility index (Phi) is 4.62. The van der Waals surface area contributed by atoms with Crippen LogP contribution >= 0.6 is 0 Å². The summed E-state index contributed by atoms with van der Waals surface area (Å²) in [6.07, 6.45) is 11.7. The minimum Gasteiger partial charge on any atom is -0.490 e. The zero-order chi connectivity index (χ0) is 18.1. The van der Waals surface area contributed by atoms with E-state index in [0.717, 1.165) is 44.0 Å². The van der Waals surface area contributed by atoms with Gasteiger partial charge >= 0.3 is 0 Å². The van der Waals surface area contributed by atoms with Gasteiger partial charge in [-0.3, -0.25) is 4.90 Å². The Balaban J connectivity index is 1.25. The highest BCUT2D eigenvalue weighted by molar-refractivity contribution is 5.86. The van der Waals surface area contributed by atoms with Crippen LogP contribution in [0.5, 0.6) is 5.75 Å². The van der Waals surface area contributed by atoms with Crippen molar-refractivity contribution in [3.8, 4) is 5.75 Å². The fraction of sp³-hybridized carbons (Fsp3) is 0.500. The van der Waals surface area contributed by atoms with Gasteiger partial charge in [-0.2, -0.15) is 0 Å². The van der Waals surface area contributed by atoms with Crippen LogP contribution in [0.3, 0.4) is 0 Å². The molecule has 3 heterocycles. The van der Waals surface area contributed by atoms with Gasteiger partial charge < -0.3 is 13.8 Å². The Bertz CT molecular complexity index is 872. The summed E-state index contributed by atoms with van der Waals surface area (Å²) >= 11 is 0. The number of hydrogen-bond donors (Lipinski definition) is 0. The molecule has 3 aromatic rings. The number of rotatable bonds is 5. The number of hydrogen-bond acceptors (Lipinski definition) is 4. The SMILES string of the molecule is c1cc(OC2CCN(Cc3ccno3)CC2)c2ccn(C3CCCC3)c2c1. The Labute approximate surface area is 159 Å². The van der Waals surface area contributed by atoms with Gasteiger partial charge in [-0.05, 0) is 43.9 Å². The lowest BCUT2D eigenvalue weighted by atomic mass is 10.1. The van der Waals surface area contributed by atoms with E-state index in [0.29, 0.717) is 6.04 Å². The topological polar surface area (TPSA) is 43.4 Å². The summed E-state index contributed by atoms with van der Waals surface area (Å²) < 4.78 is 14.1. The van der Waals surface area contributed by atoms with E-state index in [1.54, 1.807) is 6.20 Å². The summed E-state index contributed by atoms with van der Waals surface area (Å²) in [4.78, 5) is 2.41. The van der Waals surface area contributed by atoms with E-state index < -0.39 is 0 Å². The van der Waals surface area contributed by atoms with E-state index in [1.165, 1.54) is 36.6 Å². The maximum Gasteiger partial charge on any atom is 0.150 e. The second-order valence-electron chi connectivity index (χ2n) is 7.92. The predicted octanol–water partition coefficient (Wildman–Crippen LogP) is 4.79. The molecule has 0 atom stereocenters. The second-order valence-corrected chi connectivity index (χ2v) is 7.92. The summed E-state index contributed by atoms with van der Waals surface area (Å²) in [6, 6.07) is 11.3. The zero-order valence-electron chi connectivity index (χ0n) is 15.7. The molecule has 2 fully saturated rings. The van der Waals surface area contributed by atoms with Gasteiger partial charge in [-0.25, -0.2) is 0 Å². The third kappa shape index (κ3) is 3.48. The highest BCUT2D eigenvalue weighted by atomic mass is 16.5. The molecule has 0 N–H and O–H groups in total. The molecule has 0 bridgehead atoms. The average Bonchev–Trinajstić information content (AvgIpc) is 3.45. The molecule has 0 spiro atoms. The Hall–Kier alpha value is -2.27. The molecule has 1 aromatic carbocycles. The molecule has 142 valence electrons. The molecule has 0 unspecified atom stereocenters. The lowest BCUT2D eigenvalue weighted by Gasteiger charge is -2.31. The lowest BCUT2D eigenvalue weighted by molar-refractivity contribution is 0.0926. The summed E-state index contributed by atoms with van der Waals surface area (Å²) in [5.41, 5.74) is 1.32. The number of piperidine rings is 1. The zero-order valence-corrected chi connectivity index (χ0v) is 15.7. The number of fused-ring (bicyclic) bond motifs is 1. The van der Waals surface area contributed by atoms with Crippen LogP contribution in [-0.2, 0) is 6.54 Å². The van der Waals surface area contributed by atoms with Crippen molar-refractivity contribution in [2.75, 3.05) is 13.1 Å². The van der Waals surface area contributed by atoms with Gasteiger partial charge in [0.1, 0.15) is 11.9 Å². The van der Waals surface area contributed by atoms with Crippen LogP contribution in [0.4, 0.5) is 0 Å². The molecule has 1 aliphatic heterocycles. The first-order valence-corrected chi connectivity index (χ1v) is 10.2. The molecular formula is C22H27N3O2. The van der Waals surface area contributed by atoms with E-state index in [-0.39, 0.29) is 6.10 Å². The van der Waals surface area contributed by atoms with Crippen molar-refractivity contribution >= 4 is 10.9 Å². The predicted molar refractivity (Wildman–Crippen MR) is 105 cm³/mol. The van der Waals surface area contributed by atoms with Crippen molar-refractivity contribution < 1.29 is 9.26 Å². The molecule has 27 heavy (non-hydrogen) atoms. The molecule has 2 aromatic heterocycles. The third-order valence-corrected chi connectivity index (χ3v) is 6.14. The highest BCUT2D eigenvalue weighted by Gasteiger charge is 2.23. The largest absolute Gasteiger partial charge is 0.490 e. The highest BCUT2D eigenvalue weighted by Crippen LogP contribution is 2.36. The monoisotopic (exact) mass is 365 g/mol. The molecule has 5 nitrogen and oxygen atoms in total. The van der Waals surface area contributed by atoms with Crippen LogP contribution in [-0.4, -0.2) is 33.8 Å². The fourth-order valence-electron chi connectivity index (χ4n) is 4.67. The maximum atomic E-state index is 6.45. The molecule has 0 radical (unpaired) electrons. The van der Waals surface area contributed by atoms with Gasteiger partial charge in [0.15, 0.2) is 5.76 Å². The van der Waals surface area contributed by atoms with Gasteiger partial charge in [0, 0.05) is 36.8 Å². The Morgan fingerprint density at radius 2 is 1.89 bits per heavy atom. The maximum absolute atomic E-state index is 6.45. The fourth-order valence-corrected chi connectivity index (χ4v) is 4.67. The van der Waals surface area contributed by atoms with E-state index in [1.807, 2.05) is 6.07 Å². The van der Waals surface area contributed by atoms with E-state index >= 15 is 0 Å². The summed E-state index contributed by atoms with van der Waals surface area (Å²) in [7, 11) is 0. The smallest absolute Gasteiger partial charge is 0.150 e. The van der Waals surface area contributed by atoms with Gasteiger partial charge in [0.25, 0.3) is 0 Å². The van der Waals surface area contributed by atoms with Crippen molar-refractivity contribution in [1.29, 1.82) is 0 Å². The van der Waals surface area contributed by atoms with Crippen molar-refractivity contribution in [3.05, 3.63) is 48.5 Å². The van der Waals surface area contributed by atoms with Crippen LogP contribution in [0.1, 0.15) is 50.3 Å². The molecule has 1 saturated carbocycles. The standard InChI is InChI=1S/C22H27N3O2/c1-2-5-17(4-1)25-15-11-20-21(25)6-3-7-22(20)26-18-9-13-24(14-10-18)16-19-8-12-23-27-19/h3,6-8,11-12,15,17-18H,1-2,4-5,9-10,13-14,16H2. The number of ether oxygens (including phenoxy) is 1. The lowest BCUT2D eigenvalue weighted by Crippen LogP contribution is -2.37. The number of likely N-dealkylation sites (tertiary alicyclic amines) is 1. The first-order chi connectivity index (χ1) is 13.4. The van der Waals surface area contributed by atoms with Crippen LogP contribution in [0.2, 0.25) is 0 Å². The second kappa shape index (κ2) is 7.39. The first-order valence-electron chi connectivity index (χ1n) is 10.2. The molecule has 5 heteroatoms. The molecule has 2 aliphatic rings. The van der Waals surface area contributed by atoms with Gasteiger partial charge in [0.2, 0.25) is 0 Å². The summed E-state index contributed by atoms with van der Waals surface area (Å²) in [5.74, 6) is 1.98. The van der Waals surface area contributed by atoms with Crippen LogP contribution < -0.4 is 4.74 Å².